The molecule has 26 heavy (non-hydrogen) atoms. The summed E-state index contributed by atoms with van der Waals surface area (Å²) in [7, 11) is 0. The Bertz CT molecular complexity index is 898. The maximum absolute atomic E-state index is 13.0. The van der Waals surface area contributed by atoms with Gasteiger partial charge in [-0.3, -0.25) is 4.79 Å². The number of carbonyl (C=O) groups excluding carboxylic acids is 1. The molecule has 0 heterocycles. The van der Waals surface area contributed by atoms with Gasteiger partial charge in [-0.25, -0.2) is 0 Å². The maximum atomic E-state index is 13.0. The van der Waals surface area contributed by atoms with E-state index < -0.39 is 5.25 Å². The summed E-state index contributed by atoms with van der Waals surface area (Å²) in [5.41, 5.74) is 8.97. The standard InChI is InChI=1S/C21H19ClN2OS/c1-14-18(22)8-5-9-19(14)24-21(25)20(15-6-3-2-4-7-15)26-17-12-10-16(23)11-13-17/h2-13,20H,23H2,1H3,(H,24,25). The van der Waals surface area contributed by atoms with Crippen LogP contribution in [0.25, 0.3) is 0 Å². The van der Waals surface area contributed by atoms with Crippen LogP contribution in [0.2, 0.25) is 5.02 Å². The molecule has 1 amide bonds. The van der Waals surface area contributed by atoms with Gasteiger partial charge in [-0.1, -0.05) is 48.0 Å². The van der Waals surface area contributed by atoms with E-state index in [-0.39, 0.29) is 5.91 Å². The number of halogens is 1. The number of carbonyl (C=O) groups is 1. The summed E-state index contributed by atoms with van der Waals surface area (Å²) < 4.78 is 0. The lowest BCUT2D eigenvalue weighted by Crippen LogP contribution is -2.19. The van der Waals surface area contributed by atoms with Gasteiger partial charge in [0.15, 0.2) is 0 Å². The van der Waals surface area contributed by atoms with Crippen molar-refractivity contribution in [2.24, 2.45) is 0 Å². The molecule has 0 radical (unpaired) electrons. The van der Waals surface area contributed by atoms with Gasteiger partial charge in [0.2, 0.25) is 5.91 Å². The van der Waals surface area contributed by atoms with E-state index in [0.29, 0.717) is 10.7 Å². The predicted octanol–water partition coefficient (Wildman–Crippen LogP) is 5.70. The fourth-order valence-electron chi connectivity index (χ4n) is 2.52. The molecule has 3 aromatic carbocycles. The Balaban J connectivity index is 1.88. The van der Waals surface area contributed by atoms with E-state index >= 15 is 0 Å². The zero-order chi connectivity index (χ0) is 18.5. The lowest BCUT2D eigenvalue weighted by Gasteiger charge is -2.18. The summed E-state index contributed by atoms with van der Waals surface area (Å²) in [5, 5.41) is 3.25. The van der Waals surface area contributed by atoms with Gasteiger partial charge in [0.1, 0.15) is 5.25 Å². The predicted molar refractivity (Wildman–Crippen MR) is 111 cm³/mol. The molecule has 0 spiro atoms. The zero-order valence-electron chi connectivity index (χ0n) is 14.3. The quantitative estimate of drug-likeness (QED) is 0.439. The third-order valence-corrected chi connectivity index (χ3v) is 5.68. The molecule has 0 aliphatic heterocycles. The smallest absolute Gasteiger partial charge is 0.242 e. The van der Waals surface area contributed by atoms with Gasteiger partial charge in [0.05, 0.1) is 0 Å². The van der Waals surface area contributed by atoms with Gasteiger partial charge in [-0.15, -0.1) is 11.8 Å². The maximum Gasteiger partial charge on any atom is 0.242 e. The first kappa shape index (κ1) is 18.4. The molecule has 3 rings (SSSR count). The number of nitrogens with one attached hydrogen (secondary N) is 1. The fourth-order valence-corrected chi connectivity index (χ4v) is 3.72. The minimum absolute atomic E-state index is 0.0941. The van der Waals surface area contributed by atoms with Crippen molar-refractivity contribution in [2.75, 3.05) is 11.1 Å². The number of amides is 1. The SMILES string of the molecule is Cc1c(Cl)cccc1NC(=O)C(Sc1ccc(N)cc1)c1ccccc1. The van der Waals surface area contributed by atoms with Crippen LogP contribution in [-0.4, -0.2) is 5.91 Å². The molecule has 0 aromatic heterocycles. The first-order valence-electron chi connectivity index (χ1n) is 8.18. The summed E-state index contributed by atoms with van der Waals surface area (Å²) in [4.78, 5) is 14.0. The van der Waals surface area contributed by atoms with E-state index in [4.69, 9.17) is 17.3 Å². The number of rotatable bonds is 5. The van der Waals surface area contributed by atoms with Crippen LogP contribution in [0.1, 0.15) is 16.4 Å². The zero-order valence-corrected chi connectivity index (χ0v) is 15.8. The highest BCUT2D eigenvalue weighted by Crippen LogP contribution is 2.37. The number of hydrogen-bond acceptors (Lipinski definition) is 3. The van der Waals surface area contributed by atoms with Crippen molar-refractivity contribution in [3.63, 3.8) is 0 Å². The Morgan fingerprint density at radius 1 is 1.00 bits per heavy atom. The summed E-state index contributed by atoms with van der Waals surface area (Å²) in [5.74, 6) is -0.0941. The molecule has 0 aliphatic rings. The van der Waals surface area contributed by atoms with E-state index in [2.05, 4.69) is 5.32 Å². The minimum Gasteiger partial charge on any atom is -0.399 e. The summed E-state index contributed by atoms with van der Waals surface area (Å²) >= 11 is 7.66. The van der Waals surface area contributed by atoms with Crippen LogP contribution >= 0.6 is 23.4 Å². The summed E-state index contributed by atoms with van der Waals surface area (Å²) in [6.45, 7) is 1.89. The number of benzene rings is 3. The van der Waals surface area contributed by atoms with E-state index in [9.17, 15) is 4.79 Å². The van der Waals surface area contributed by atoms with E-state index in [0.717, 1.165) is 21.7 Å². The Labute approximate surface area is 162 Å². The molecule has 0 aliphatic carbocycles. The second kappa shape index (κ2) is 8.30. The van der Waals surface area contributed by atoms with Gasteiger partial charge < -0.3 is 11.1 Å². The molecular formula is C21H19ClN2OS. The molecule has 3 N–H and O–H groups in total. The lowest BCUT2D eigenvalue weighted by atomic mass is 10.1. The van der Waals surface area contributed by atoms with Crippen LogP contribution in [0.3, 0.4) is 0 Å². The van der Waals surface area contributed by atoms with Gasteiger partial charge in [0, 0.05) is 21.3 Å². The van der Waals surface area contributed by atoms with Crippen molar-refractivity contribution >= 4 is 40.6 Å². The summed E-state index contributed by atoms with van der Waals surface area (Å²) in [6, 6.07) is 22.7. The highest BCUT2D eigenvalue weighted by Gasteiger charge is 2.22. The van der Waals surface area contributed by atoms with E-state index in [1.165, 1.54) is 11.8 Å². The molecule has 3 aromatic rings. The normalized spacial score (nSPS) is 11.8. The first-order chi connectivity index (χ1) is 12.5. The van der Waals surface area contributed by atoms with Gasteiger partial charge >= 0.3 is 0 Å². The van der Waals surface area contributed by atoms with Crippen molar-refractivity contribution in [1.29, 1.82) is 0 Å². The van der Waals surface area contributed by atoms with Crippen LogP contribution in [0, 0.1) is 6.92 Å². The largest absolute Gasteiger partial charge is 0.399 e. The Kier molecular flexibility index (Phi) is 5.86. The van der Waals surface area contributed by atoms with Crippen LogP contribution in [-0.2, 0) is 4.79 Å². The van der Waals surface area contributed by atoms with Crippen LogP contribution < -0.4 is 11.1 Å². The molecule has 1 unspecified atom stereocenters. The number of anilines is 2. The van der Waals surface area contributed by atoms with Gasteiger partial charge in [0.25, 0.3) is 0 Å². The number of hydrogen-bond donors (Lipinski definition) is 2. The third-order valence-electron chi connectivity index (χ3n) is 4.00. The molecule has 0 bridgehead atoms. The van der Waals surface area contributed by atoms with Crippen LogP contribution in [0.4, 0.5) is 11.4 Å². The monoisotopic (exact) mass is 382 g/mol. The van der Waals surface area contributed by atoms with Crippen LogP contribution in [0.5, 0.6) is 0 Å². The molecule has 132 valence electrons. The van der Waals surface area contributed by atoms with Crippen molar-refractivity contribution in [2.45, 2.75) is 17.1 Å². The number of nitrogen functional groups attached to an aromatic ring is 1. The van der Waals surface area contributed by atoms with Crippen molar-refractivity contribution < 1.29 is 4.79 Å². The molecular weight excluding hydrogens is 364 g/mol. The Morgan fingerprint density at radius 3 is 2.38 bits per heavy atom. The second-order valence-corrected chi connectivity index (χ2v) is 7.46. The molecule has 3 nitrogen and oxygen atoms in total. The number of thioether (sulfide) groups is 1. The lowest BCUT2D eigenvalue weighted by molar-refractivity contribution is -0.115. The number of nitrogens with two attached hydrogens (primary N) is 1. The molecule has 0 saturated carbocycles. The Hall–Kier alpha value is -2.43. The van der Waals surface area contributed by atoms with Crippen LogP contribution in [0.15, 0.2) is 77.7 Å². The first-order valence-corrected chi connectivity index (χ1v) is 9.43. The van der Waals surface area contributed by atoms with Crippen molar-refractivity contribution in [3.05, 3.63) is 88.9 Å². The second-order valence-electron chi connectivity index (χ2n) is 5.88. The molecule has 0 saturated heterocycles. The third kappa shape index (κ3) is 4.40. The molecule has 1 atom stereocenters. The van der Waals surface area contributed by atoms with Gasteiger partial charge in [-0.2, -0.15) is 0 Å². The highest BCUT2D eigenvalue weighted by atomic mass is 35.5. The summed E-state index contributed by atoms with van der Waals surface area (Å²) in [6.07, 6.45) is 0. The van der Waals surface area contributed by atoms with Crippen molar-refractivity contribution in [1.82, 2.24) is 0 Å². The van der Waals surface area contributed by atoms with E-state index in [1.807, 2.05) is 79.7 Å². The highest BCUT2D eigenvalue weighted by molar-refractivity contribution is 8.00. The minimum atomic E-state index is -0.391. The average molecular weight is 383 g/mol. The van der Waals surface area contributed by atoms with Crippen molar-refractivity contribution in [3.8, 4) is 0 Å². The van der Waals surface area contributed by atoms with E-state index in [1.54, 1.807) is 0 Å². The molecule has 0 fully saturated rings. The van der Waals surface area contributed by atoms with Gasteiger partial charge in [-0.05, 0) is 54.4 Å². The fraction of sp³-hybridized carbons (Fsp3) is 0.0952. The molecule has 5 heteroatoms. The Morgan fingerprint density at radius 2 is 1.69 bits per heavy atom. The topological polar surface area (TPSA) is 55.1 Å². The average Bonchev–Trinajstić information content (AvgIpc) is 2.65.